The third-order valence-corrected chi connectivity index (χ3v) is 3.99. The molecule has 1 aromatic carbocycles. The molecule has 2 N–H and O–H groups in total. The van der Waals surface area contributed by atoms with E-state index >= 15 is 0 Å². The van der Waals surface area contributed by atoms with Crippen molar-refractivity contribution in [2.45, 2.75) is 12.0 Å². The van der Waals surface area contributed by atoms with E-state index in [9.17, 15) is 13.6 Å². The summed E-state index contributed by atoms with van der Waals surface area (Å²) in [5.41, 5.74) is 0.197. The van der Waals surface area contributed by atoms with Crippen LogP contribution in [0.25, 0.3) is 0 Å². The molecule has 4 rings (SSSR count). The molecule has 1 unspecified atom stereocenters. The van der Waals surface area contributed by atoms with Gasteiger partial charge in [-0.25, -0.2) is 13.6 Å². The number of halogens is 2. The molecule has 1 fully saturated rings. The first-order chi connectivity index (χ1) is 10.6. The number of aromatic nitrogens is 1. The molecular formula is C14H11F2N3O3. The molecule has 0 radical (unpaired) electrons. The highest BCUT2D eigenvalue weighted by Crippen LogP contribution is 2.55. The molecule has 8 heteroatoms. The van der Waals surface area contributed by atoms with E-state index in [1.807, 2.05) is 0 Å². The number of benzene rings is 1. The van der Waals surface area contributed by atoms with E-state index in [-0.39, 0.29) is 41.6 Å². The molecule has 114 valence electrons. The molecule has 1 saturated carbocycles. The van der Waals surface area contributed by atoms with E-state index < -0.39 is 17.7 Å². The Hall–Kier alpha value is -2.64. The molecule has 22 heavy (non-hydrogen) atoms. The lowest BCUT2D eigenvalue weighted by Gasteiger charge is -2.16. The van der Waals surface area contributed by atoms with Crippen molar-refractivity contribution < 1.29 is 22.8 Å². The number of rotatable bonds is 2. The minimum atomic E-state index is -0.590. The van der Waals surface area contributed by atoms with Crippen molar-refractivity contribution >= 4 is 11.8 Å². The van der Waals surface area contributed by atoms with Gasteiger partial charge in [-0.1, -0.05) is 5.16 Å². The maximum atomic E-state index is 13.9. The van der Waals surface area contributed by atoms with Gasteiger partial charge < -0.3 is 14.6 Å². The molecule has 2 amide bonds. The van der Waals surface area contributed by atoms with Crippen molar-refractivity contribution in [1.82, 2.24) is 10.5 Å². The van der Waals surface area contributed by atoms with Crippen LogP contribution in [0.2, 0.25) is 0 Å². The van der Waals surface area contributed by atoms with Crippen molar-refractivity contribution in [3.8, 4) is 5.75 Å². The minimum Gasteiger partial charge on any atom is -0.490 e. The summed E-state index contributed by atoms with van der Waals surface area (Å²) in [6, 6.07) is 2.82. The van der Waals surface area contributed by atoms with Crippen LogP contribution in [-0.2, 0) is 0 Å². The number of hydrogen-bond donors (Lipinski definition) is 2. The van der Waals surface area contributed by atoms with Crippen LogP contribution in [0.3, 0.4) is 0 Å². The van der Waals surface area contributed by atoms with E-state index in [0.29, 0.717) is 0 Å². The Morgan fingerprint density at radius 2 is 2.09 bits per heavy atom. The number of anilines is 1. The number of fused-ring (bicyclic) bond motifs is 3. The first-order valence-electron chi connectivity index (χ1n) is 6.74. The van der Waals surface area contributed by atoms with Crippen molar-refractivity contribution in [2.75, 3.05) is 11.9 Å². The zero-order valence-corrected chi connectivity index (χ0v) is 11.2. The van der Waals surface area contributed by atoms with Crippen LogP contribution in [0.4, 0.5) is 19.4 Å². The fourth-order valence-corrected chi connectivity index (χ4v) is 2.94. The van der Waals surface area contributed by atoms with Gasteiger partial charge in [0.15, 0.2) is 17.4 Å². The molecular weight excluding hydrogens is 296 g/mol. The van der Waals surface area contributed by atoms with Gasteiger partial charge in [0.25, 0.3) is 0 Å². The third-order valence-electron chi connectivity index (χ3n) is 3.99. The average Bonchev–Trinajstić information content (AvgIpc) is 2.93. The van der Waals surface area contributed by atoms with E-state index in [4.69, 9.17) is 4.74 Å². The smallest absolute Gasteiger partial charge is 0.320 e. The first-order valence-corrected chi connectivity index (χ1v) is 6.74. The second-order valence-corrected chi connectivity index (χ2v) is 5.28. The topological polar surface area (TPSA) is 76.4 Å². The number of nitrogens with zero attached hydrogens (tertiary/aromatic N) is 1. The first kappa shape index (κ1) is 13.1. The average molecular weight is 307 g/mol. The van der Waals surface area contributed by atoms with Gasteiger partial charge in [0.05, 0.1) is 6.61 Å². The quantitative estimate of drug-likeness (QED) is 0.892. The molecule has 0 spiro atoms. The van der Waals surface area contributed by atoms with Gasteiger partial charge in [0.2, 0.25) is 0 Å². The maximum absolute atomic E-state index is 13.9. The Bertz CT molecular complexity index is 735. The predicted molar refractivity (Wildman–Crippen MR) is 70.5 cm³/mol. The standard InChI is InChI=1S/C14H11F2N3O3/c15-7-1-2-8(16)13-11(7)10-6(5-21-13)12(10)18-14(20)17-9-3-4-22-19-9/h1-4,6,10,12H,5H2,(H2,17,18,19,20)/t6-,10-,12?/m0/s1. The van der Waals surface area contributed by atoms with Crippen LogP contribution < -0.4 is 15.4 Å². The molecule has 1 aromatic heterocycles. The summed E-state index contributed by atoms with van der Waals surface area (Å²) in [4.78, 5) is 11.9. The summed E-state index contributed by atoms with van der Waals surface area (Å²) in [5.74, 6) is -1.23. The number of nitrogens with one attached hydrogen (secondary N) is 2. The lowest BCUT2D eigenvalue weighted by atomic mass is 10.0. The fourth-order valence-electron chi connectivity index (χ4n) is 2.94. The van der Waals surface area contributed by atoms with Crippen LogP contribution in [0.1, 0.15) is 11.5 Å². The maximum Gasteiger partial charge on any atom is 0.320 e. The summed E-state index contributed by atoms with van der Waals surface area (Å²) in [7, 11) is 0. The van der Waals surface area contributed by atoms with Crippen LogP contribution in [0.15, 0.2) is 29.0 Å². The number of carbonyl (C=O) groups excluding carboxylic acids is 1. The summed E-state index contributed by atoms with van der Waals surface area (Å²) < 4.78 is 37.5. The molecule has 2 aromatic rings. The van der Waals surface area contributed by atoms with Crippen molar-refractivity contribution in [1.29, 1.82) is 0 Å². The van der Waals surface area contributed by atoms with Crippen LogP contribution >= 0.6 is 0 Å². The molecule has 2 heterocycles. The van der Waals surface area contributed by atoms with Crippen molar-refractivity contribution in [2.24, 2.45) is 5.92 Å². The van der Waals surface area contributed by atoms with Crippen LogP contribution in [-0.4, -0.2) is 23.8 Å². The Balaban J connectivity index is 1.50. The van der Waals surface area contributed by atoms with E-state index in [0.717, 1.165) is 12.1 Å². The molecule has 6 nitrogen and oxygen atoms in total. The van der Waals surface area contributed by atoms with Crippen LogP contribution in [0, 0.1) is 17.6 Å². The summed E-state index contributed by atoms with van der Waals surface area (Å²) in [5, 5.41) is 8.77. The predicted octanol–water partition coefficient (Wildman–Crippen LogP) is 2.25. The third kappa shape index (κ3) is 1.99. The summed E-state index contributed by atoms with van der Waals surface area (Å²) >= 11 is 0. The number of carbonyl (C=O) groups is 1. The minimum absolute atomic E-state index is 0.0533. The Kier molecular flexibility index (Phi) is 2.78. The second kappa shape index (κ2) is 4.69. The van der Waals surface area contributed by atoms with Gasteiger partial charge in [-0.05, 0) is 12.1 Å². The van der Waals surface area contributed by atoms with Crippen LogP contribution in [0.5, 0.6) is 5.75 Å². The molecule has 1 aliphatic heterocycles. The highest BCUT2D eigenvalue weighted by atomic mass is 19.1. The highest BCUT2D eigenvalue weighted by Gasteiger charge is 2.57. The number of ether oxygens (including phenoxy) is 1. The molecule has 0 saturated heterocycles. The largest absolute Gasteiger partial charge is 0.490 e. The fraction of sp³-hybridized carbons (Fsp3) is 0.286. The van der Waals surface area contributed by atoms with Gasteiger partial charge in [-0.3, -0.25) is 5.32 Å². The zero-order valence-electron chi connectivity index (χ0n) is 11.2. The van der Waals surface area contributed by atoms with Gasteiger partial charge in [0, 0.05) is 29.5 Å². The van der Waals surface area contributed by atoms with E-state index in [1.165, 1.54) is 12.3 Å². The van der Waals surface area contributed by atoms with E-state index in [2.05, 4.69) is 20.3 Å². The van der Waals surface area contributed by atoms with E-state index in [1.54, 1.807) is 0 Å². The number of amides is 2. The molecule has 0 bridgehead atoms. The van der Waals surface area contributed by atoms with Crippen molar-refractivity contribution in [3.63, 3.8) is 0 Å². The summed E-state index contributed by atoms with van der Waals surface area (Å²) in [6.45, 7) is 0.243. The van der Waals surface area contributed by atoms with Crippen molar-refractivity contribution in [3.05, 3.63) is 41.7 Å². The lowest BCUT2D eigenvalue weighted by Crippen LogP contribution is -2.32. The van der Waals surface area contributed by atoms with Gasteiger partial charge in [-0.15, -0.1) is 0 Å². The second-order valence-electron chi connectivity index (χ2n) is 5.28. The Labute approximate surface area is 123 Å². The van der Waals surface area contributed by atoms with Gasteiger partial charge >= 0.3 is 6.03 Å². The number of urea groups is 1. The monoisotopic (exact) mass is 307 g/mol. The highest BCUT2D eigenvalue weighted by molar-refractivity contribution is 5.88. The molecule has 2 aliphatic rings. The molecule has 1 aliphatic carbocycles. The zero-order chi connectivity index (χ0) is 15.3. The van der Waals surface area contributed by atoms with Gasteiger partial charge in [0.1, 0.15) is 12.1 Å². The molecule has 3 atom stereocenters. The Morgan fingerprint density at radius 1 is 1.27 bits per heavy atom. The SMILES string of the molecule is O=C(Nc1ccon1)NC1[C@H]2COc3c(F)ccc(F)c3[C@@H]12. The van der Waals surface area contributed by atoms with Gasteiger partial charge in [-0.2, -0.15) is 0 Å². The summed E-state index contributed by atoms with van der Waals surface area (Å²) in [6.07, 6.45) is 1.33. The lowest BCUT2D eigenvalue weighted by molar-refractivity contribution is 0.247. The normalized spacial score (nSPS) is 24.7. The number of hydrogen-bond acceptors (Lipinski definition) is 4. The Morgan fingerprint density at radius 3 is 2.86 bits per heavy atom.